The first-order valence-electron chi connectivity index (χ1n) is 7.43. The molecule has 1 aliphatic heterocycles. The molecule has 0 aromatic carbocycles. The second kappa shape index (κ2) is 6.22. The van der Waals surface area contributed by atoms with E-state index < -0.39 is 5.97 Å². The van der Waals surface area contributed by atoms with Crippen molar-refractivity contribution in [3.63, 3.8) is 0 Å². The highest BCUT2D eigenvalue weighted by Crippen LogP contribution is 2.13. The van der Waals surface area contributed by atoms with E-state index in [4.69, 9.17) is 4.74 Å². The van der Waals surface area contributed by atoms with Gasteiger partial charge in [0.05, 0.1) is 13.7 Å². The van der Waals surface area contributed by atoms with Crippen molar-refractivity contribution in [3.05, 3.63) is 29.7 Å². The quantitative estimate of drug-likeness (QED) is 0.807. The molecular weight excluding hydrogens is 268 g/mol. The molecule has 6 heteroatoms. The van der Waals surface area contributed by atoms with Gasteiger partial charge in [0.1, 0.15) is 0 Å². The van der Waals surface area contributed by atoms with Crippen LogP contribution in [0.4, 0.5) is 0 Å². The molecular formula is C15H20N4O2. The third-order valence-corrected chi connectivity index (χ3v) is 3.86. The molecule has 0 atom stereocenters. The number of ether oxygens (including phenoxy) is 1. The summed E-state index contributed by atoms with van der Waals surface area (Å²) in [6.07, 6.45) is 5.09. The molecule has 2 aromatic rings. The van der Waals surface area contributed by atoms with E-state index in [1.54, 1.807) is 16.6 Å². The van der Waals surface area contributed by atoms with Gasteiger partial charge in [-0.05, 0) is 38.1 Å². The van der Waals surface area contributed by atoms with Gasteiger partial charge < -0.3 is 4.74 Å². The zero-order chi connectivity index (χ0) is 14.7. The van der Waals surface area contributed by atoms with Crippen LogP contribution in [0.2, 0.25) is 0 Å². The van der Waals surface area contributed by atoms with E-state index in [0.717, 1.165) is 25.5 Å². The minimum atomic E-state index is -0.396. The van der Waals surface area contributed by atoms with Crippen molar-refractivity contribution in [1.82, 2.24) is 19.5 Å². The summed E-state index contributed by atoms with van der Waals surface area (Å²) >= 11 is 0. The molecule has 0 unspecified atom stereocenters. The van der Waals surface area contributed by atoms with Gasteiger partial charge in [0.2, 0.25) is 0 Å². The van der Waals surface area contributed by atoms with Crippen LogP contribution in [-0.4, -0.2) is 45.7 Å². The van der Waals surface area contributed by atoms with Crippen LogP contribution in [0.5, 0.6) is 0 Å². The highest BCUT2D eigenvalue weighted by atomic mass is 16.5. The fraction of sp³-hybridized carbons (Fsp3) is 0.533. The van der Waals surface area contributed by atoms with Crippen LogP contribution in [0.1, 0.15) is 42.0 Å². The molecule has 1 fully saturated rings. The third-order valence-electron chi connectivity index (χ3n) is 3.86. The van der Waals surface area contributed by atoms with Gasteiger partial charge in [-0.3, -0.25) is 4.90 Å². The third kappa shape index (κ3) is 3.05. The molecule has 0 amide bonds. The summed E-state index contributed by atoms with van der Waals surface area (Å²) < 4.78 is 6.35. The Morgan fingerprint density at radius 1 is 1.24 bits per heavy atom. The average Bonchev–Trinajstić information content (AvgIpc) is 2.73. The molecule has 0 bridgehead atoms. The molecule has 1 aliphatic rings. The normalized spacial score (nSPS) is 16.8. The van der Waals surface area contributed by atoms with E-state index in [1.165, 1.54) is 32.8 Å². The van der Waals surface area contributed by atoms with Gasteiger partial charge in [0, 0.05) is 0 Å². The first-order valence-corrected chi connectivity index (χ1v) is 7.43. The molecule has 3 rings (SSSR count). The van der Waals surface area contributed by atoms with Crippen molar-refractivity contribution in [1.29, 1.82) is 0 Å². The van der Waals surface area contributed by atoms with E-state index in [2.05, 4.69) is 15.0 Å². The SMILES string of the molecule is COC(=O)c1cccc2nc(CN3CCCCCC3)nn12. The van der Waals surface area contributed by atoms with Crippen molar-refractivity contribution in [2.24, 2.45) is 0 Å². The minimum Gasteiger partial charge on any atom is -0.464 e. The second-order valence-corrected chi connectivity index (χ2v) is 5.39. The van der Waals surface area contributed by atoms with Crippen molar-refractivity contribution in [2.45, 2.75) is 32.2 Å². The summed E-state index contributed by atoms with van der Waals surface area (Å²) in [5.41, 5.74) is 1.09. The molecule has 21 heavy (non-hydrogen) atoms. The topological polar surface area (TPSA) is 59.7 Å². The number of fused-ring (bicyclic) bond motifs is 1. The average molecular weight is 288 g/mol. The summed E-state index contributed by atoms with van der Waals surface area (Å²) in [5, 5.41) is 4.47. The number of nitrogens with zero attached hydrogens (tertiary/aromatic N) is 4. The lowest BCUT2D eigenvalue weighted by atomic mass is 10.2. The van der Waals surface area contributed by atoms with Crippen LogP contribution in [0.25, 0.3) is 5.65 Å². The number of likely N-dealkylation sites (tertiary alicyclic amines) is 1. The molecule has 2 aromatic heterocycles. The van der Waals surface area contributed by atoms with Crippen molar-refractivity contribution in [2.75, 3.05) is 20.2 Å². The van der Waals surface area contributed by atoms with E-state index in [-0.39, 0.29) is 0 Å². The van der Waals surface area contributed by atoms with Gasteiger partial charge in [0.15, 0.2) is 17.2 Å². The predicted molar refractivity (Wildman–Crippen MR) is 78.1 cm³/mol. The fourth-order valence-electron chi connectivity index (χ4n) is 2.77. The summed E-state index contributed by atoms with van der Waals surface area (Å²) in [6.45, 7) is 2.93. The monoisotopic (exact) mass is 288 g/mol. The molecule has 0 radical (unpaired) electrons. The van der Waals surface area contributed by atoms with Crippen molar-refractivity contribution >= 4 is 11.6 Å². The number of pyridine rings is 1. The fourth-order valence-corrected chi connectivity index (χ4v) is 2.77. The Morgan fingerprint density at radius 3 is 2.71 bits per heavy atom. The first-order chi connectivity index (χ1) is 10.3. The van der Waals surface area contributed by atoms with Crippen LogP contribution in [0, 0.1) is 0 Å². The maximum atomic E-state index is 11.8. The highest BCUT2D eigenvalue weighted by molar-refractivity contribution is 5.88. The second-order valence-electron chi connectivity index (χ2n) is 5.39. The van der Waals surface area contributed by atoms with Gasteiger partial charge in [-0.15, -0.1) is 5.10 Å². The predicted octanol–water partition coefficient (Wildman–Crippen LogP) is 1.89. The Balaban J connectivity index is 1.85. The van der Waals surface area contributed by atoms with E-state index in [0.29, 0.717) is 11.3 Å². The number of carbonyl (C=O) groups excluding carboxylic acids is 1. The Kier molecular flexibility index (Phi) is 4.15. The molecule has 0 aliphatic carbocycles. The van der Waals surface area contributed by atoms with Crippen molar-refractivity contribution < 1.29 is 9.53 Å². The standard InChI is InChI=1S/C15H20N4O2/c1-21-15(20)12-7-6-8-14-16-13(17-19(12)14)11-18-9-4-2-3-5-10-18/h6-8H,2-5,9-11H2,1H3. The first kappa shape index (κ1) is 14.0. The summed E-state index contributed by atoms with van der Waals surface area (Å²) in [5.74, 6) is 0.361. The van der Waals surface area contributed by atoms with Crippen LogP contribution in [-0.2, 0) is 11.3 Å². The zero-order valence-electron chi connectivity index (χ0n) is 12.3. The number of hydrogen-bond donors (Lipinski definition) is 0. The summed E-state index contributed by atoms with van der Waals surface area (Å²) in [6, 6.07) is 5.35. The van der Waals surface area contributed by atoms with Gasteiger partial charge >= 0.3 is 5.97 Å². The molecule has 0 N–H and O–H groups in total. The number of hydrogen-bond acceptors (Lipinski definition) is 5. The Morgan fingerprint density at radius 2 is 2.00 bits per heavy atom. The lowest BCUT2D eigenvalue weighted by Crippen LogP contribution is -2.24. The highest BCUT2D eigenvalue weighted by Gasteiger charge is 2.16. The number of esters is 1. The summed E-state index contributed by atoms with van der Waals surface area (Å²) in [4.78, 5) is 18.7. The van der Waals surface area contributed by atoms with Gasteiger partial charge in [0.25, 0.3) is 0 Å². The van der Waals surface area contributed by atoms with E-state index in [1.807, 2.05) is 6.07 Å². The van der Waals surface area contributed by atoms with E-state index in [9.17, 15) is 4.79 Å². The molecule has 3 heterocycles. The van der Waals surface area contributed by atoms with Crippen LogP contribution >= 0.6 is 0 Å². The molecule has 112 valence electrons. The lowest BCUT2D eigenvalue weighted by molar-refractivity contribution is 0.0590. The number of aromatic nitrogens is 3. The Hall–Kier alpha value is -1.95. The maximum Gasteiger partial charge on any atom is 0.356 e. The molecule has 6 nitrogen and oxygen atoms in total. The maximum absolute atomic E-state index is 11.8. The minimum absolute atomic E-state index is 0.396. The van der Waals surface area contributed by atoms with Crippen LogP contribution < -0.4 is 0 Å². The van der Waals surface area contributed by atoms with Gasteiger partial charge in [-0.1, -0.05) is 18.9 Å². The summed E-state index contributed by atoms with van der Waals surface area (Å²) in [7, 11) is 1.37. The largest absolute Gasteiger partial charge is 0.464 e. The Labute approximate surface area is 123 Å². The lowest BCUT2D eigenvalue weighted by Gasteiger charge is -2.17. The van der Waals surface area contributed by atoms with Gasteiger partial charge in [-0.25, -0.2) is 14.3 Å². The van der Waals surface area contributed by atoms with E-state index >= 15 is 0 Å². The molecule has 0 saturated carbocycles. The Bertz CT molecular complexity index is 630. The molecule has 1 saturated heterocycles. The number of rotatable bonds is 3. The van der Waals surface area contributed by atoms with Crippen LogP contribution in [0.3, 0.4) is 0 Å². The number of methoxy groups -OCH3 is 1. The zero-order valence-corrected chi connectivity index (χ0v) is 12.3. The van der Waals surface area contributed by atoms with Crippen LogP contribution in [0.15, 0.2) is 18.2 Å². The van der Waals surface area contributed by atoms with Gasteiger partial charge in [-0.2, -0.15) is 0 Å². The molecule has 0 spiro atoms. The smallest absolute Gasteiger partial charge is 0.356 e. The number of carbonyl (C=O) groups is 1. The van der Waals surface area contributed by atoms with Crippen molar-refractivity contribution in [3.8, 4) is 0 Å².